The maximum absolute atomic E-state index is 14.0. The van der Waals surface area contributed by atoms with E-state index in [0.717, 1.165) is 22.3 Å². The molecule has 1 aliphatic rings. The van der Waals surface area contributed by atoms with Gasteiger partial charge in [0.05, 0.1) is 16.4 Å². The first-order valence-corrected chi connectivity index (χ1v) is 14.3. The molecule has 0 aliphatic carbocycles. The molecule has 6 nitrogen and oxygen atoms in total. The SMILES string of the molecule is CC(C(=O)O)c1ccc(-c2ccccc2)c(F)c1.CS(=O)(=O)c1ccc(C2=C(c3ccccc3)C(=O)OC2)cc1. The summed E-state index contributed by atoms with van der Waals surface area (Å²) >= 11 is 0. The number of rotatable bonds is 6. The molecule has 1 N–H and O–H groups in total. The average Bonchev–Trinajstić information content (AvgIpc) is 3.34. The van der Waals surface area contributed by atoms with Gasteiger partial charge in [-0.3, -0.25) is 4.79 Å². The summed E-state index contributed by atoms with van der Waals surface area (Å²) in [5.41, 5.74) is 4.63. The van der Waals surface area contributed by atoms with Crippen molar-refractivity contribution in [1.82, 2.24) is 0 Å². The summed E-state index contributed by atoms with van der Waals surface area (Å²) in [5.74, 6) is -2.41. The highest BCUT2D eigenvalue weighted by atomic mass is 32.2. The summed E-state index contributed by atoms with van der Waals surface area (Å²) in [6.45, 7) is 1.74. The van der Waals surface area contributed by atoms with Gasteiger partial charge in [0.15, 0.2) is 9.84 Å². The number of sulfone groups is 1. The van der Waals surface area contributed by atoms with E-state index in [2.05, 4.69) is 0 Å². The number of carboxylic acids is 1. The molecule has 0 saturated heterocycles. The second-order valence-electron chi connectivity index (χ2n) is 9.26. The van der Waals surface area contributed by atoms with Crippen molar-refractivity contribution >= 4 is 32.9 Å². The standard InChI is InChI=1S/C17H14O4S.C15H13FO2/c1-22(19,20)14-9-7-12(8-10-14)15-11-21-17(18)16(15)13-5-3-2-4-6-13;1-10(15(17)18)12-7-8-13(14(16)9-12)11-5-3-2-4-6-11/h2-10H,11H2,1H3;2-10H,1H3,(H,17,18). The molecule has 0 bridgehead atoms. The number of halogens is 1. The van der Waals surface area contributed by atoms with Crippen molar-refractivity contribution in [3.63, 3.8) is 0 Å². The van der Waals surface area contributed by atoms with Crippen LogP contribution in [0.1, 0.15) is 29.5 Å². The fraction of sp³-hybridized carbons (Fsp3) is 0.125. The monoisotopic (exact) mass is 558 g/mol. The molecule has 8 heteroatoms. The van der Waals surface area contributed by atoms with Gasteiger partial charge < -0.3 is 9.84 Å². The quantitative estimate of drug-likeness (QED) is 0.282. The van der Waals surface area contributed by atoms with Gasteiger partial charge in [-0.1, -0.05) is 84.9 Å². The van der Waals surface area contributed by atoms with E-state index in [4.69, 9.17) is 9.84 Å². The molecule has 1 heterocycles. The molecular formula is C32H27FO6S. The van der Waals surface area contributed by atoms with Crippen molar-refractivity contribution < 1.29 is 32.2 Å². The molecule has 4 aromatic rings. The van der Waals surface area contributed by atoms with Gasteiger partial charge in [0.2, 0.25) is 0 Å². The predicted molar refractivity (Wildman–Crippen MR) is 152 cm³/mol. The van der Waals surface area contributed by atoms with Crippen LogP contribution in [0.5, 0.6) is 0 Å². The Labute approximate surface area is 232 Å². The Morgan fingerprint density at radius 1 is 0.850 bits per heavy atom. The van der Waals surface area contributed by atoms with E-state index in [0.29, 0.717) is 16.7 Å². The molecule has 40 heavy (non-hydrogen) atoms. The topological polar surface area (TPSA) is 97.7 Å². The summed E-state index contributed by atoms with van der Waals surface area (Å²) < 4.78 is 42.1. The largest absolute Gasteiger partial charge is 0.481 e. The number of cyclic esters (lactones) is 1. The summed E-state index contributed by atoms with van der Waals surface area (Å²) in [6, 6.07) is 29.6. The maximum atomic E-state index is 14.0. The lowest BCUT2D eigenvalue weighted by Gasteiger charge is -2.09. The lowest BCUT2D eigenvalue weighted by Crippen LogP contribution is -2.07. The zero-order valence-corrected chi connectivity index (χ0v) is 22.7. The van der Waals surface area contributed by atoms with Crippen LogP contribution in [0.25, 0.3) is 22.3 Å². The molecule has 4 aromatic carbocycles. The zero-order valence-electron chi connectivity index (χ0n) is 21.9. The number of carbonyl (C=O) groups excluding carboxylic acids is 1. The molecular weight excluding hydrogens is 531 g/mol. The first-order chi connectivity index (χ1) is 19.1. The van der Waals surface area contributed by atoms with Gasteiger partial charge in [-0.2, -0.15) is 0 Å². The predicted octanol–water partition coefficient (Wildman–Crippen LogP) is 6.24. The number of benzene rings is 4. The van der Waals surface area contributed by atoms with E-state index < -0.39 is 27.5 Å². The third kappa shape index (κ3) is 6.52. The van der Waals surface area contributed by atoms with Crippen LogP contribution in [0.2, 0.25) is 0 Å². The molecule has 204 valence electrons. The Balaban J connectivity index is 0.000000189. The first kappa shape index (κ1) is 28.4. The zero-order chi connectivity index (χ0) is 28.9. The normalized spacial score (nSPS) is 13.7. The van der Waals surface area contributed by atoms with Gasteiger partial charge in [-0.15, -0.1) is 0 Å². The number of carbonyl (C=O) groups is 2. The third-order valence-corrected chi connectivity index (χ3v) is 7.62. The van der Waals surface area contributed by atoms with Crippen molar-refractivity contribution in [2.24, 2.45) is 0 Å². The van der Waals surface area contributed by atoms with Gasteiger partial charge in [-0.25, -0.2) is 17.6 Å². The number of hydrogen-bond acceptors (Lipinski definition) is 5. The van der Waals surface area contributed by atoms with Crippen molar-refractivity contribution in [2.45, 2.75) is 17.7 Å². The van der Waals surface area contributed by atoms with Crippen molar-refractivity contribution in [3.05, 3.63) is 126 Å². The van der Waals surface area contributed by atoms with E-state index in [1.165, 1.54) is 12.3 Å². The Morgan fingerprint density at radius 3 is 1.95 bits per heavy atom. The fourth-order valence-electron chi connectivity index (χ4n) is 4.23. The summed E-state index contributed by atoms with van der Waals surface area (Å²) in [7, 11) is -3.23. The minimum absolute atomic E-state index is 0.196. The number of esters is 1. The van der Waals surface area contributed by atoms with Crippen molar-refractivity contribution in [1.29, 1.82) is 0 Å². The van der Waals surface area contributed by atoms with E-state index in [1.807, 2.05) is 60.7 Å². The van der Waals surface area contributed by atoms with E-state index in [1.54, 1.807) is 43.3 Å². The highest BCUT2D eigenvalue weighted by molar-refractivity contribution is 7.90. The Bertz CT molecular complexity index is 1660. The van der Waals surface area contributed by atoms with Gasteiger partial charge >= 0.3 is 11.9 Å². The van der Waals surface area contributed by atoms with Crippen LogP contribution in [0.15, 0.2) is 108 Å². The Morgan fingerprint density at radius 2 is 1.43 bits per heavy atom. The second kappa shape index (κ2) is 12.1. The highest BCUT2D eigenvalue weighted by Crippen LogP contribution is 2.33. The molecule has 0 saturated carbocycles. The van der Waals surface area contributed by atoms with Crippen LogP contribution < -0.4 is 0 Å². The number of carboxylic acid groups (broad SMARTS) is 1. The van der Waals surface area contributed by atoms with Gasteiger partial charge in [-0.05, 0) is 47.4 Å². The van der Waals surface area contributed by atoms with E-state index >= 15 is 0 Å². The van der Waals surface area contributed by atoms with Crippen molar-refractivity contribution in [3.8, 4) is 11.1 Å². The molecule has 0 aromatic heterocycles. The molecule has 5 rings (SSSR count). The second-order valence-corrected chi connectivity index (χ2v) is 11.3. The van der Waals surface area contributed by atoms with Crippen LogP contribution >= 0.6 is 0 Å². The molecule has 0 amide bonds. The van der Waals surface area contributed by atoms with E-state index in [-0.39, 0.29) is 17.5 Å². The van der Waals surface area contributed by atoms with Crippen LogP contribution in [-0.4, -0.2) is 38.3 Å². The summed E-state index contributed by atoms with van der Waals surface area (Å²) in [5, 5.41) is 8.89. The first-order valence-electron chi connectivity index (χ1n) is 12.4. The molecule has 1 atom stereocenters. The Hall–Kier alpha value is -4.56. The Kier molecular flexibility index (Phi) is 8.60. The van der Waals surface area contributed by atoms with Crippen LogP contribution in [0.3, 0.4) is 0 Å². The van der Waals surface area contributed by atoms with Gasteiger partial charge in [0.1, 0.15) is 12.4 Å². The number of ether oxygens (including phenoxy) is 1. The molecule has 1 unspecified atom stereocenters. The van der Waals surface area contributed by atoms with E-state index in [9.17, 15) is 22.4 Å². The lowest BCUT2D eigenvalue weighted by atomic mass is 9.97. The fourth-order valence-corrected chi connectivity index (χ4v) is 4.86. The molecule has 0 spiro atoms. The lowest BCUT2D eigenvalue weighted by molar-refractivity contribution is -0.138. The van der Waals surface area contributed by atoms with Crippen LogP contribution in [0.4, 0.5) is 4.39 Å². The summed E-state index contributed by atoms with van der Waals surface area (Å²) in [4.78, 5) is 23.1. The van der Waals surface area contributed by atoms with Crippen LogP contribution in [-0.2, 0) is 24.2 Å². The van der Waals surface area contributed by atoms with Crippen molar-refractivity contribution in [2.75, 3.05) is 12.9 Å². The van der Waals surface area contributed by atoms with Gasteiger partial charge in [0, 0.05) is 17.4 Å². The van der Waals surface area contributed by atoms with Crippen LogP contribution in [0, 0.1) is 5.82 Å². The highest BCUT2D eigenvalue weighted by Gasteiger charge is 2.27. The smallest absolute Gasteiger partial charge is 0.339 e. The molecule has 0 fully saturated rings. The molecule has 1 aliphatic heterocycles. The third-order valence-electron chi connectivity index (χ3n) is 6.50. The minimum Gasteiger partial charge on any atom is -0.481 e. The molecule has 0 radical (unpaired) electrons. The van der Waals surface area contributed by atoms with Gasteiger partial charge in [0.25, 0.3) is 0 Å². The number of hydrogen-bond donors (Lipinski definition) is 1. The average molecular weight is 559 g/mol. The minimum atomic E-state index is -3.23. The summed E-state index contributed by atoms with van der Waals surface area (Å²) in [6.07, 6.45) is 1.17. The maximum Gasteiger partial charge on any atom is 0.339 e. The number of aliphatic carboxylic acids is 1.